The van der Waals surface area contributed by atoms with Gasteiger partial charge in [-0.05, 0) is 41.5 Å². The van der Waals surface area contributed by atoms with Gasteiger partial charge >= 0.3 is 6.08 Å². The molecule has 27 heavy (non-hydrogen) atoms. The molecule has 2 bridgehead atoms. The minimum absolute atomic E-state index is 0.0615. The second-order valence-electron chi connectivity index (χ2n) is 7.53. The summed E-state index contributed by atoms with van der Waals surface area (Å²) in [5.74, 6) is 0.652. The third-order valence-electron chi connectivity index (χ3n) is 6.20. The van der Waals surface area contributed by atoms with E-state index in [2.05, 4.69) is 22.2 Å². The number of hydrogen-bond donors (Lipinski definition) is 1. The van der Waals surface area contributed by atoms with Crippen molar-refractivity contribution in [1.82, 2.24) is 9.97 Å². The Morgan fingerprint density at radius 3 is 2.56 bits per heavy atom. The van der Waals surface area contributed by atoms with Gasteiger partial charge in [0.15, 0.2) is 0 Å². The number of rotatable bonds is 3. The van der Waals surface area contributed by atoms with E-state index in [9.17, 15) is 9.18 Å². The van der Waals surface area contributed by atoms with Crippen molar-refractivity contribution in [3.63, 3.8) is 0 Å². The Morgan fingerprint density at radius 1 is 1.15 bits per heavy atom. The molecule has 140 valence electrons. The fourth-order valence-electron chi connectivity index (χ4n) is 4.99. The second-order valence-corrected chi connectivity index (χ2v) is 8.35. The number of benzene rings is 1. The van der Waals surface area contributed by atoms with Gasteiger partial charge < -0.3 is 10.1 Å². The number of hydrogen-bond acceptors (Lipinski definition) is 4. The molecule has 5 nitrogen and oxygen atoms in total. The van der Waals surface area contributed by atoms with Crippen LogP contribution >= 0.6 is 23.2 Å². The van der Waals surface area contributed by atoms with Gasteiger partial charge in [-0.1, -0.05) is 30.1 Å². The third-order valence-corrected chi connectivity index (χ3v) is 6.94. The average Bonchev–Trinajstić information content (AvgIpc) is 3.01. The van der Waals surface area contributed by atoms with Gasteiger partial charge in [0.25, 0.3) is 0 Å². The van der Waals surface area contributed by atoms with Gasteiger partial charge in [0.05, 0.1) is 28.2 Å². The fraction of sp³-hybridized carbons (Fsp3) is 0.421. The van der Waals surface area contributed by atoms with Gasteiger partial charge in [0.2, 0.25) is 5.91 Å². The van der Waals surface area contributed by atoms with Crippen LogP contribution in [0.25, 0.3) is 0 Å². The zero-order chi connectivity index (χ0) is 18.9. The van der Waals surface area contributed by atoms with Crippen molar-refractivity contribution in [1.29, 1.82) is 0 Å². The van der Waals surface area contributed by atoms with Crippen LogP contribution in [0.3, 0.4) is 0 Å². The quantitative estimate of drug-likeness (QED) is 0.782. The number of ether oxygens (including phenoxy) is 1. The van der Waals surface area contributed by atoms with Crippen molar-refractivity contribution in [2.45, 2.75) is 25.0 Å². The van der Waals surface area contributed by atoms with E-state index in [1.807, 2.05) is 0 Å². The highest BCUT2D eigenvalue weighted by Crippen LogP contribution is 2.68. The zero-order valence-corrected chi connectivity index (χ0v) is 15.8. The summed E-state index contributed by atoms with van der Waals surface area (Å²) >= 11 is 12.0. The molecule has 3 unspecified atom stereocenters. The first-order valence-corrected chi connectivity index (χ1v) is 9.60. The molecule has 8 heteroatoms. The first kappa shape index (κ1) is 17.3. The molecule has 5 rings (SSSR count). The third kappa shape index (κ3) is 2.65. The Labute approximate surface area is 165 Å². The summed E-state index contributed by atoms with van der Waals surface area (Å²) in [5.41, 5.74) is 1.31. The molecule has 1 aromatic carbocycles. The number of aromatic nitrogens is 2. The van der Waals surface area contributed by atoms with Crippen LogP contribution in [0, 0.1) is 29.7 Å². The summed E-state index contributed by atoms with van der Waals surface area (Å²) < 4.78 is 19.3. The number of anilines is 1. The molecular formula is C19H16Cl2FN3O2. The van der Waals surface area contributed by atoms with Crippen LogP contribution in [0.1, 0.15) is 18.4 Å². The molecule has 2 aliphatic heterocycles. The maximum Gasteiger partial charge on any atom is 0.308 e. The Bertz CT molecular complexity index is 926. The van der Waals surface area contributed by atoms with Crippen LogP contribution < -0.4 is 5.32 Å². The number of nitrogens with one attached hydrogen (secondary N) is 1. The smallest absolute Gasteiger partial charge is 0.308 e. The normalized spacial score (nSPS) is 35.8. The molecule has 1 saturated carbocycles. The lowest BCUT2D eigenvalue weighted by Gasteiger charge is -2.26. The van der Waals surface area contributed by atoms with Crippen LogP contribution in [0.4, 0.5) is 10.1 Å². The van der Waals surface area contributed by atoms with Crippen LogP contribution in [0.2, 0.25) is 10.0 Å². The zero-order valence-electron chi connectivity index (χ0n) is 14.3. The van der Waals surface area contributed by atoms with E-state index in [0.717, 1.165) is 5.56 Å². The number of halogens is 3. The molecule has 3 aliphatic rings. The summed E-state index contributed by atoms with van der Waals surface area (Å²) in [5, 5.41) is 3.72. The van der Waals surface area contributed by atoms with E-state index >= 15 is 0 Å². The van der Waals surface area contributed by atoms with E-state index < -0.39 is 6.08 Å². The predicted molar refractivity (Wildman–Crippen MR) is 98.1 cm³/mol. The van der Waals surface area contributed by atoms with Crippen molar-refractivity contribution in [2.24, 2.45) is 23.7 Å². The number of carbonyl (C=O) groups excluding carboxylic acids is 1. The number of fused-ring (bicyclic) bond motifs is 5. The Balaban J connectivity index is 1.45. The van der Waals surface area contributed by atoms with Crippen molar-refractivity contribution >= 4 is 34.8 Å². The van der Waals surface area contributed by atoms with Gasteiger partial charge in [-0.3, -0.25) is 4.79 Å². The molecule has 7 atom stereocenters. The molecule has 0 spiro atoms. The van der Waals surface area contributed by atoms with E-state index in [1.165, 1.54) is 12.4 Å². The first-order valence-electron chi connectivity index (χ1n) is 8.84. The lowest BCUT2D eigenvalue weighted by molar-refractivity contribution is -0.122. The molecular weight excluding hydrogens is 392 g/mol. The molecule has 3 fully saturated rings. The van der Waals surface area contributed by atoms with Crippen LogP contribution in [-0.4, -0.2) is 28.1 Å². The van der Waals surface area contributed by atoms with Gasteiger partial charge in [-0.15, -0.1) is 0 Å². The van der Waals surface area contributed by atoms with Crippen molar-refractivity contribution < 1.29 is 13.9 Å². The molecule has 2 aromatic rings. The minimum Gasteiger partial charge on any atom is -0.373 e. The highest BCUT2D eigenvalue weighted by molar-refractivity contribution is 6.42. The Morgan fingerprint density at radius 2 is 1.85 bits per heavy atom. The lowest BCUT2D eigenvalue weighted by Crippen LogP contribution is -2.37. The lowest BCUT2D eigenvalue weighted by atomic mass is 9.75. The molecule has 1 aromatic heterocycles. The summed E-state index contributed by atoms with van der Waals surface area (Å²) in [6, 6.07) is 4.97. The molecule has 1 N–H and O–H groups in total. The summed E-state index contributed by atoms with van der Waals surface area (Å²) in [7, 11) is 0. The Hall–Kier alpha value is -1.76. The maximum absolute atomic E-state index is 13.2. The highest BCUT2D eigenvalue weighted by Gasteiger charge is 2.72. The van der Waals surface area contributed by atoms with Gasteiger partial charge in [-0.25, -0.2) is 9.97 Å². The topological polar surface area (TPSA) is 64.1 Å². The SMILES string of the molecule is CC1C2C1[C@@H]1O[C@H]2[C@@H](C(=O)Nc2ccc(Cl)c(Cl)c2)[C@H]1c1cnc(F)nc1. The van der Waals surface area contributed by atoms with E-state index in [4.69, 9.17) is 27.9 Å². The van der Waals surface area contributed by atoms with Crippen molar-refractivity contribution in [3.8, 4) is 0 Å². The van der Waals surface area contributed by atoms with Gasteiger partial charge in [-0.2, -0.15) is 4.39 Å². The second kappa shape index (κ2) is 6.12. The summed E-state index contributed by atoms with van der Waals surface area (Å²) in [6.45, 7) is 2.19. The molecule has 0 radical (unpaired) electrons. The number of carbonyl (C=O) groups is 1. The molecule has 1 amide bonds. The maximum atomic E-state index is 13.2. The molecule has 1 aliphatic carbocycles. The van der Waals surface area contributed by atoms with Crippen molar-refractivity contribution in [3.05, 3.63) is 52.3 Å². The largest absolute Gasteiger partial charge is 0.373 e. The van der Waals surface area contributed by atoms with E-state index in [-0.39, 0.29) is 30.0 Å². The summed E-state index contributed by atoms with van der Waals surface area (Å²) in [4.78, 5) is 20.5. The van der Waals surface area contributed by atoms with Crippen LogP contribution in [-0.2, 0) is 9.53 Å². The molecule has 3 heterocycles. The standard InChI is InChI=1S/C19H16Cl2FN3O2/c1-7-12-13(7)17-15(18(26)25-9-2-3-10(20)11(21)4-9)14(16(12)27-17)8-5-23-19(22)24-6-8/h2-7,12-17H,1H3,(H,25,26)/t7?,12?,13?,14-,15+,16+,17-/m1/s1. The Kier molecular flexibility index (Phi) is 3.93. The van der Waals surface area contributed by atoms with Crippen LogP contribution in [0.15, 0.2) is 30.6 Å². The van der Waals surface area contributed by atoms with Gasteiger partial charge in [0, 0.05) is 24.0 Å². The monoisotopic (exact) mass is 407 g/mol. The fourth-order valence-corrected chi connectivity index (χ4v) is 5.28. The highest BCUT2D eigenvalue weighted by atomic mass is 35.5. The van der Waals surface area contributed by atoms with Gasteiger partial charge in [0.1, 0.15) is 0 Å². The van der Waals surface area contributed by atoms with E-state index in [0.29, 0.717) is 33.5 Å². The summed E-state index contributed by atoms with van der Waals surface area (Å²) in [6.07, 6.45) is 1.93. The van der Waals surface area contributed by atoms with Crippen LogP contribution in [0.5, 0.6) is 0 Å². The number of amides is 1. The van der Waals surface area contributed by atoms with Crippen molar-refractivity contribution in [2.75, 3.05) is 5.32 Å². The minimum atomic E-state index is -0.780. The number of nitrogens with zero attached hydrogens (tertiary/aromatic N) is 2. The predicted octanol–water partition coefficient (Wildman–Crippen LogP) is 3.92. The first-order chi connectivity index (χ1) is 13.0. The average molecular weight is 408 g/mol. The molecule has 2 saturated heterocycles. The van der Waals surface area contributed by atoms with E-state index in [1.54, 1.807) is 18.2 Å².